The van der Waals surface area contributed by atoms with E-state index in [4.69, 9.17) is 9.47 Å². The van der Waals surface area contributed by atoms with E-state index in [1.807, 2.05) is 18.2 Å². The zero-order chi connectivity index (χ0) is 15.7. The second-order valence-electron chi connectivity index (χ2n) is 5.06. The Labute approximate surface area is 132 Å². The SMILES string of the molecule is CCOC(=O)C1Cc2c(cnc3ccc(OC)cc23)SC1O. The van der Waals surface area contributed by atoms with E-state index in [0.29, 0.717) is 13.0 Å². The predicted molar refractivity (Wildman–Crippen MR) is 84.0 cm³/mol. The highest BCUT2D eigenvalue weighted by Crippen LogP contribution is 2.41. The van der Waals surface area contributed by atoms with Crippen molar-refractivity contribution in [2.24, 2.45) is 5.92 Å². The molecule has 1 aromatic heterocycles. The van der Waals surface area contributed by atoms with E-state index in [1.54, 1.807) is 20.2 Å². The van der Waals surface area contributed by atoms with Crippen molar-refractivity contribution < 1.29 is 19.4 Å². The van der Waals surface area contributed by atoms with Gasteiger partial charge in [0.05, 0.1) is 25.2 Å². The Morgan fingerprint density at radius 2 is 2.32 bits per heavy atom. The van der Waals surface area contributed by atoms with Crippen LogP contribution in [-0.4, -0.2) is 35.2 Å². The molecule has 1 N–H and O–H groups in total. The summed E-state index contributed by atoms with van der Waals surface area (Å²) >= 11 is 1.25. The lowest BCUT2D eigenvalue weighted by molar-refractivity contribution is -0.150. The Kier molecular flexibility index (Phi) is 4.22. The average molecular weight is 319 g/mol. The Morgan fingerprint density at radius 1 is 1.50 bits per heavy atom. The highest BCUT2D eigenvalue weighted by atomic mass is 32.2. The van der Waals surface area contributed by atoms with Crippen molar-refractivity contribution in [1.29, 1.82) is 0 Å². The van der Waals surface area contributed by atoms with Crippen molar-refractivity contribution in [3.05, 3.63) is 30.0 Å². The second-order valence-corrected chi connectivity index (χ2v) is 6.21. The quantitative estimate of drug-likeness (QED) is 0.876. The number of rotatable bonds is 3. The van der Waals surface area contributed by atoms with Gasteiger partial charge in [-0.15, -0.1) is 0 Å². The Balaban J connectivity index is 2.06. The first-order chi connectivity index (χ1) is 10.6. The highest BCUT2D eigenvalue weighted by molar-refractivity contribution is 7.99. The minimum atomic E-state index is -0.809. The summed E-state index contributed by atoms with van der Waals surface area (Å²) < 4.78 is 10.3. The fraction of sp³-hybridized carbons (Fsp3) is 0.375. The topological polar surface area (TPSA) is 68.7 Å². The zero-order valence-electron chi connectivity index (χ0n) is 12.4. The second kappa shape index (κ2) is 6.14. The Bertz CT molecular complexity index is 719. The van der Waals surface area contributed by atoms with Gasteiger partial charge in [0.15, 0.2) is 0 Å². The third-order valence-electron chi connectivity index (χ3n) is 3.75. The molecule has 0 bridgehead atoms. The molecule has 0 radical (unpaired) electrons. The van der Waals surface area contributed by atoms with E-state index in [0.717, 1.165) is 27.1 Å². The van der Waals surface area contributed by atoms with Gasteiger partial charge in [-0.05, 0) is 37.1 Å². The summed E-state index contributed by atoms with van der Waals surface area (Å²) in [6, 6.07) is 5.67. The zero-order valence-corrected chi connectivity index (χ0v) is 13.2. The van der Waals surface area contributed by atoms with E-state index in [1.165, 1.54) is 11.8 Å². The molecule has 0 spiro atoms. The fourth-order valence-corrected chi connectivity index (χ4v) is 3.71. The monoisotopic (exact) mass is 319 g/mol. The van der Waals surface area contributed by atoms with Crippen LogP contribution in [0.25, 0.3) is 10.9 Å². The number of pyridine rings is 1. The van der Waals surface area contributed by atoms with E-state index in [9.17, 15) is 9.90 Å². The van der Waals surface area contributed by atoms with Gasteiger partial charge >= 0.3 is 5.97 Å². The number of nitrogens with zero attached hydrogens (tertiary/aromatic N) is 1. The Morgan fingerprint density at radius 3 is 3.05 bits per heavy atom. The lowest BCUT2D eigenvalue weighted by Gasteiger charge is -2.28. The number of esters is 1. The first-order valence-electron chi connectivity index (χ1n) is 7.11. The highest BCUT2D eigenvalue weighted by Gasteiger charge is 2.35. The van der Waals surface area contributed by atoms with Crippen molar-refractivity contribution in [1.82, 2.24) is 4.98 Å². The van der Waals surface area contributed by atoms with Crippen LogP contribution in [0.2, 0.25) is 0 Å². The van der Waals surface area contributed by atoms with Gasteiger partial charge in [-0.2, -0.15) is 0 Å². The summed E-state index contributed by atoms with van der Waals surface area (Å²) in [6.45, 7) is 2.07. The molecule has 3 rings (SSSR count). The predicted octanol–water partition coefficient (Wildman–Crippen LogP) is 2.39. The number of aromatic nitrogens is 1. The molecule has 2 unspecified atom stereocenters. The first kappa shape index (κ1) is 15.1. The van der Waals surface area contributed by atoms with Crippen LogP contribution in [0.5, 0.6) is 5.75 Å². The van der Waals surface area contributed by atoms with Gasteiger partial charge in [0.25, 0.3) is 0 Å². The number of carbonyl (C=O) groups is 1. The molecule has 1 aliphatic rings. The minimum Gasteiger partial charge on any atom is -0.497 e. The van der Waals surface area contributed by atoms with Crippen LogP contribution >= 0.6 is 11.8 Å². The normalized spacial score (nSPS) is 20.5. The number of fused-ring (bicyclic) bond motifs is 3. The number of hydrogen-bond donors (Lipinski definition) is 1. The number of ether oxygens (including phenoxy) is 2. The summed E-state index contributed by atoms with van der Waals surface area (Å²) in [4.78, 5) is 17.3. The number of aliphatic hydroxyl groups is 1. The van der Waals surface area contributed by atoms with Crippen LogP contribution in [0.4, 0.5) is 0 Å². The molecule has 2 aromatic rings. The number of carbonyl (C=O) groups excluding carboxylic acids is 1. The van der Waals surface area contributed by atoms with Crippen LogP contribution in [0.1, 0.15) is 12.5 Å². The van der Waals surface area contributed by atoms with Crippen LogP contribution < -0.4 is 4.74 Å². The van der Waals surface area contributed by atoms with Gasteiger partial charge in [-0.3, -0.25) is 9.78 Å². The van der Waals surface area contributed by atoms with Crippen LogP contribution in [0, 0.1) is 5.92 Å². The molecule has 0 aliphatic carbocycles. The van der Waals surface area contributed by atoms with Gasteiger partial charge in [0, 0.05) is 16.5 Å². The lowest BCUT2D eigenvalue weighted by Crippen LogP contribution is -2.32. The molecular weight excluding hydrogens is 302 g/mol. The summed E-state index contributed by atoms with van der Waals surface area (Å²) in [5.41, 5.74) is 1.05. The summed E-state index contributed by atoms with van der Waals surface area (Å²) in [6.07, 6.45) is 2.19. The number of thioether (sulfide) groups is 1. The number of methoxy groups -OCH3 is 1. The van der Waals surface area contributed by atoms with E-state index in [2.05, 4.69) is 4.98 Å². The number of aliphatic hydroxyl groups excluding tert-OH is 1. The van der Waals surface area contributed by atoms with Crippen LogP contribution in [-0.2, 0) is 16.0 Å². The third kappa shape index (κ3) is 2.64. The van der Waals surface area contributed by atoms with Crippen molar-refractivity contribution in [3.8, 4) is 5.75 Å². The molecule has 1 aromatic carbocycles. The Hall–Kier alpha value is -1.79. The maximum atomic E-state index is 12.0. The number of hydrogen-bond acceptors (Lipinski definition) is 6. The van der Waals surface area contributed by atoms with Gasteiger partial charge < -0.3 is 14.6 Å². The van der Waals surface area contributed by atoms with Crippen molar-refractivity contribution in [2.45, 2.75) is 23.7 Å². The van der Waals surface area contributed by atoms with Gasteiger partial charge in [0.1, 0.15) is 11.2 Å². The smallest absolute Gasteiger partial charge is 0.312 e. The summed E-state index contributed by atoms with van der Waals surface area (Å²) in [5.74, 6) is -0.179. The molecule has 6 heteroatoms. The molecule has 0 saturated carbocycles. The van der Waals surface area contributed by atoms with Gasteiger partial charge in [-0.25, -0.2) is 0 Å². The van der Waals surface area contributed by atoms with Crippen molar-refractivity contribution >= 4 is 28.6 Å². The van der Waals surface area contributed by atoms with Crippen LogP contribution in [0.3, 0.4) is 0 Å². The molecule has 0 saturated heterocycles. The summed E-state index contributed by atoms with van der Waals surface area (Å²) in [5, 5.41) is 11.1. The lowest BCUT2D eigenvalue weighted by atomic mass is 9.96. The number of benzene rings is 1. The maximum absolute atomic E-state index is 12.0. The molecule has 0 amide bonds. The third-order valence-corrected chi connectivity index (χ3v) is 4.93. The van der Waals surface area contributed by atoms with Gasteiger partial charge in [0.2, 0.25) is 0 Å². The van der Waals surface area contributed by atoms with Crippen molar-refractivity contribution in [2.75, 3.05) is 13.7 Å². The molecular formula is C16H17NO4S. The molecule has 5 nitrogen and oxygen atoms in total. The fourth-order valence-electron chi connectivity index (χ4n) is 2.63. The maximum Gasteiger partial charge on any atom is 0.312 e. The molecule has 2 heterocycles. The molecule has 0 fully saturated rings. The van der Waals surface area contributed by atoms with E-state index >= 15 is 0 Å². The molecule has 1 aliphatic heterocycles. The van der Waals surface area contributed by atoms with E-state index in [-0.39, 0.29) is 5.97 Å². The van der Waals surface area contributed by atoms with E-state index < -0.39 is 11.4 Å². The standard InChI is InChI=1S/C16H17NO4S/c1-3-21-15(18)12-7-11-10-6-9(20-2)4-5-13(10)17-8-14(11)22-16(12)19/h4-6,8,12,16,19H,3,7H2,1-2H3. The summed E-state index contributed by atoms with van der Waals surface area (Å²) in [7, 11) is 1.61. The van der Waals surface area contributed by atoms with Crippen LogP contribution in [0.15, 0.2) is 29.3 Å². The minimum absolute atomic E-state index is 0.310. The van der Waals surface area contributed by atoms with Crippen molar-refractivity contribution in [3.63, 3.8) is 0 Å². The molecule has 116 valence electrons. The van der Waals surface area contributed by atoms with Gasteiger partial charge in [-0.1, -0.05) is 11.8 Å². The molecule has 22 heavy (non-hydrogen) atoms. The molecule has 2 atom stereocenters. The average Bonchev–Trinajstić information content (AvgIpc) is 2.53. The first-order valence-corrected chi connectivity index (χ1v) is 7.99. The largest absolute Gasteiger partial charge is 0.497 e.